The van der Waals surface area contributed by atoms with Crippen LogP contribution in [-0.4, -0.2) is 38.3 Å². The molecular formula is C34H35F3N6O2S. The summed E-state index contributed by atoms with van der Waals surface area (Å²) in [7, 11) is 0. The summed E-state index contributed by atoms with van der Waals surface area (Å²) in [6.45, 7) is 12.8. The number of carbonyl (C=O) groups excluding carboxylic acids is 1. The number of alkyl halides is 3. The highest BCUT2D eigenvalue weighted by atomic mass is 32.1. The molecular weight excluding hydrogens is 613 g/mol. The van der Waals surface area contributed by atoms with E-state index >= 15 is 0 Å². The first-order chi connectivity index (χ1) is 21.7. The minimum absolute atomic E-state index is 0.250. The maximum atomic E-state index is 13.0. The number of rotatable bonds is 8. The molecule has 1 N–H and O–H groups in total. The van der Waals surface area contributed by atoms with Crippen molar-refractivity contribution in [3.8, 4) is 28.5 Å². The normalized spacial score (nSPS) is 12.4. The summed E-state index contributed by atoms with van der Waals surface area (Å²) in [5.41, 5.74) is 7.69. The van der Waals surface area contributed by atoms with Crippen LogP contribution in [0.15, 0.2) is 77.4 Å². The number of carbonyl (C=O) groups is 1. The second-order valence-corrected chi connectivity index (χ2v) is 12.9. The lowest BCUT2D eigenvalue weighted by Crippen LogP contribution is -2.35. The largest absolute Gasteiger partial charge is 0.573 e. The molecule has 12 heteroatoms. The van der Waals surface area contributed by atoms with E-state index in [1.165, 1.54) is 52.2 Å². The third-order valence-corrected chi connectivity index (χ3v) is 8.32. The highest BCUT2D eigenvalue weighted by molar-refractivity contribution is 7.07. The summed E-state index contributed by atoms with van der Waals surface area (Å²) in [6.07, 6.45) is -2.54. The summed E-state index contributed by atoms with van der Waals surface area (Å²) in [5, 5.41) is 9.46. The molecule has 2 heterocycles. The number of hydrogen-bond donors (Lipinski definition) is 1. The van der Waals surface area contributed by atoms with Crippen molar-refractivity contribution in [2.24, 2.45) is 10.4 Å². The fourth-order valence-electron chi connectivity index (χ4n) is 5.42. The maximum Gasteiger partial charge on any atom is 0.573 e. The van der Waals surface area contributed by atoms with Crippen LogP contribution in [0.25, 0.3) is 22.8 Å². The zero-order valence-corrected chi connectivity index (χ0v) is 27.3. The molecule has 0 bridgehead atoms. The Hall–Kier alpha value is -4.71. The van der Waals surface area contributed by atoms with Gasteiger partial charge in [0.1, 0.15) is 12.1 Å². The molecule has 46 heavy (non-hydrogen) atoms. The minimum atomic E-state index is -4.75. The summed E-state index contributed by atoms with van der Waals surface area (Å²) >= 11 is 1.44. The molecule has 0 spiro atoms. The fourth-order valence-corrected chi connectivity index (χ4v) is 6.27. The van der Waals surface area contributed by atoms with Crippen molar-refractivity contribution in [3.05, 3.63) is 105 Å². The Balaban J connectivity index is 1.21. The predicted molar refractivity (Wildman–Crippen MR) is 173 cm³/mol. The predicted octanol–water partition coefficient (Wildman–Crippen LogP) is 7.80. The van der Waals surface area contributed by atoms with Gasteiger partial charge in [-0.05, 0) is 80.5 Å². The van der Waals surface area contributed by atoms with Crippen LogP contribution in [0.4, 0.5) is 18.0 Å². The molecule has 0 radical (unpaired) electrons. The highest BCUT2D eigenvalue weighted by Crippen LogP contribution is 2.26. The number of nitrogens with zero attached hydrogens (tertiary/aromatic N) is 5. The lowest BCUT2D eigenvalue weighted by atomic mass is 9.85. The van der Waals surface area contributed by atoms with Gasteiger partial charge in [0.05, 0.1) is 11.4 Å². The van der Waals surface area contributed by atoms with Crippen molar-refractivity contribution in [1.29, 1.82) is 0 Å². The lowest BCUT2D eigenvalue weighted by Gasteiger charge is -2.24. The Morgan fingerprint density at radius 1 is 0.978 bits per heavy atom. The van der Waals surface area contributed by atoms with Gasteiger partial charge in [-0.15, -0.1) is 29.6 Å². The molecule has 0 fully saturated rings. The van der Waals surface area contributed by atoms with Gasteiger partial charge in [0, 0.05) is 23.2 Å². The van der Waals surface area contributed by atoms with Crippen molar-refractivity contribution >= 4 is 17.4 Å². The quantitative estimate of drug-likeness (QED) is 0.186. The van der Waals surface area contributed by atoms with Crippen LogP contribution in [0.3, 0.4) is 0 Å². The van der Waals surface area contributed by atoms with Crippen LogP contribution in [0.2, 0.25) is 0 Å². The summed E-state index contributed by atoms with van der Waals surface area (Å²) < 4.78 is 44.8. The maximum absolute atomic E-state index is 13.0. The first-order valence-corrected chi connectivity index (χ1v) is 15.5. The van der Waals surface area contributed by atoms with Crippen molar-refractivity contribution in [1.82, 2.24) is 24.6 Å². The number of halogens is 3. The van der Waals surface area contributed by atoms with Gasteiger partial charge in [-0.1, -0.05) is 55.8 Å². The molecule has 3 aromatic carbocycles. The van der Waals surface area contributed by atoms with Gasteiger partial charge in [-0.25, -0.2) is 14.5 Å². The average Bonchev–Trinajstić information content (AvgIpc) is 3.59. The number of aromatic nitrogens is 4. The number of hydrogen-bond acceptors (Lipinski definition) is 5. The Morgan fingerprint density at radius 3 is 2.26 bits per heavy atom. The van der Waals surface area contributed by atoms with Gasteiger partial charge in [0.2, 0.25) is 0 Å². The van der Waals surface area contributed by atoms with E-state index < -0.39 is 6.36 Å². The zero-order valence-electron chi connectivity index (χ0n) is 26.4. The molecule has 5 rings (SSSR count). The number of ether oxygens (including phenoxy) is 1. The monoisotopic (exact) mass is 648 g/mol. The summed E-state index contributed by atoms with van der Waals surface area (Å²) in [4.78, 5) is 22.4. The molecule has 2 aromatic heterocycles. The number of thiazole rings is 1. The molecule has 0 saturated heterocycles. The second-order valence-electron chi connectivity index (χ2n) is 12.1. The third kappa shape index (κ3) is 7.92. The molecule has 0 unspecified atom stereocenters. The van der Waals surface area contributed by atoms with Gasteiger partial charge < -0.3 is 10.1 Å². The molecule has 0 saturated carbocycles. The van der Waals surface area contributed by atoms with E-state index in [0.29, 0.717) is 29.3 Å². The van der Waals surface area contributed by atoms with Gasteiger partial charge in [0.15, 0.2) is 10.6 Å². The van der Waals surface area contributed by atoms with Crippen molar-refractivity contribution in [3.63, 3.8) is 0 Å². The van der Waals surface area contributed by atoms with Crippen LogP contribution >= 0.6 is 11.3 Å². The van der Waals surface area contributed by atoms with E-state index in [2.05, 4.69) is 71.9 Å². The number of benzene rings is 3. The van der Waals surface area contributed by atoms with Crippen molar-refractivity contribution in [2.75, 3.05) is 6.54 Å². The van der Waals surface area contributed by atoms with Gasteiger partial charge in [0.25, 0.3) is 0 Å². The molecule has 2 amide bonds. The van der Waals surface area contributed by atoms with E-state index in [-0.39, 0.29) is 17.2 Å². The Kier molecular flexibility index (Phi) is 9.20. The van der Waals surface area contributed by atoms with E-state index in [0.717, 1.165) is 33.6 Å². The molecule has 240 valence electrons. The molecule has 5 aromatic rings. The van der Waals surface area contributed by atoms with Crippen LogP contribution in [0, 0.1) is 33.1 Å². The van der Waals surface area contributed by atoms with Gasteiger partial charge in [-0.2, -0.15) is 4.99 Å². The first-order valence-electron chi connectivity index (χ1n) is 14.6. The molecule has 0 aliphatic carbocycles. The fraction of sp³-hybridized carbons (Fsp3) is 0.294. The summed E-state index contributed by atoms with van der Waals surface area (Å²) in [6, 6.07) is 17.1. The minimum Gasteiger partial charge on any atom is -0.406 e. The Labute approximate surface area is 269 Å². The van der Waals surface area contributed by atoms with Crippen LogP contribution in [0.5, 0.6) is 5.75 Å². The third-order valence-electron chi connectivity index (χ3n) is 7.37. The van der Waals surface area contributed by atoms with Gasteiger partial charge >= 0.3 is 12.4 Å². The number of nitrogens with one attached hydrogen (secondary N) is 1. The topological polar surface area (TPSA) is 86.3 Å². The van der Waals surface area contributed by atoms with Gasteiger partial charge in [-0.3, -0.25) is 4.57 Å². The number of aryl methyl sites for hydroxylation is 4. The lowest BCUT2D eigenvalue weighted by molar-refractivity contribution is -0.274. The van der Waals surface area contributed by atoms with Crippen molar-refractivity contribution < 1.29 is 22.7 Å². The Morgan fingerprint density at radius 2 is 1.63 bits per heavy atom. The van der Waals surface area contributed by atoms with Crippen molar-refractivity contribution in [2.45, 2.75) is 54.3 Å². The van der Waals surface area contributed by atoms with E-state index in [4.69, 9.17) is 0 Å². The average molecular weight is 649 g/mol. The van der Waals surface area contributed by atoms with Crippen LogP contribution < -0.4 is 14.9 Å². The highest BCUT2D eigenvalue weighted by Gasteiger charge is 2.31. The molecule has 0 aliphatic rings. The smallest absolute Gasteiger partial charge is 0.406 e. The Bertz CT molecular complexity index is 1900. The number of urea groups is 1. The van der Waals surface area contributed by atoms with Crippen LogP contribution in [0.1, 0.15) is 41.8 Å². The molecule has 8 nitrogen and oxygen atoms in total. The second kappa shape index (κ2) is 13.0. The standard InChI is InChI=1S/C34H35F3N6O2S/c1-21-15-22(2)29(23(3)16-21)43-24(4)18-46-32(43)40-31(44)38-19-33(5,6)17-25-7-9-26(10-8-25)30-39-20-42(41-30)27-11-13-28(14-12-27)45-34(35,36)37/h7-16,18,20H,17,19H2,1-6H3,(H,38,44)/b40-32-. The SMILES string of the molecule is Cc1cc(C)c(-n2c(C)cs/c2=N\C(=O)NCC(C)(C)Cc2ccc(-c3ncn(-c4ccc(OC(F)(F)F)cc4)n3)cc2)c(C)c1. The molecule has 0 aliphatic heterocycles. The van der Waals surface area contributed by atoms with E-state index in [1.807, 2.05) is 41.1 Å². The first kappa shape index (κ1) is 32.7. The van der Waals surface area contributed by atoms with Crippen LogP contribution in [-0.2, 0) is 6.42 Å². The zero-order chi connectivity index (χ0) is 33.2. The van der Waals surface area contributed by atoms with E-state index in [1.54, 1.807) is 0 Å². The van der Waals surface area contributed by atoms with E-state index in [9.17, 15) is 18.0 Å². The number of amides is 2. The summed E-state index contributed by atoms with van der Waals surface area (Å²) in [5.74, 6) is 0.172. The molecule has 0 atom stereocenters.